The molecule has 1 aromatic rings. The Bertz CT molecular complexity index is 576. The summed E-state index contributed by atoms with van der Waals surface area (Å²) >= 11 is 0. The maximum atomic E-state index is 12.3. The molecule has 0 spiro atoms. The van der Waals surface area contributed by atoms with Crippen LogP contribution in [0.2, 0.25) is 0 Å². The van der Waals surface area contributed by atoms with Gasteiger partial charge in [-0.2, -0.15) is 0 Å². The molecule has 1 atom stereocenters. The summed E-state index contributed by atoms with van der Waals surface area (Å²) in [6.45, 7) is 5.96. The van der Waals surface area contributed by atoms with E-state index < -0.39 is 12.1 Å². The van der Waals surface area contributed by atoms with Gasteiger partial charge in [0.05, 0.1) is 5.92 Å². The maximum Gasteiger partial charge on any atom is 0.306 e. The van der Waals surface area contributed by atoms with Gasteiger partial charge >= 0.3 is 5.97 Å². The molecule has 0 aliphatic heterocycles. The summed E-state index contributed by atoms with van der Waals surface area (Å²) in [7, 11) is 0. The Morgan fingerprint density at radius 3 is 2.42 bits per heavy atom. The van der Waals surface area contributed by atoms with Crippen molar-refractivity contribution in [1.29, 1.82) is 0 Å². The van der Waals surface area contributed by atoms with E-state index in [0.717, 1.165) is 0 Å². The molecule has 2 N–H and O–H groups in total. The minimum absolute atomic E-state index is 0.0427. The van der Waals surface area contributed by atoms with Gasteiger partial charge in [-0.05, 0) is 56.2 Å². The minimum atomic E-state index is -0.735. The van der Waals surface area contributed by atoms with E-state index in [0.29, 0.717) is 37.4 Å². The molecule has 0 saturated heterocycles. The third-order valence-electron chi connectivity index (χ3n) is 4.63. The highest BCUT2D eigenvalue weighted by atomic mass is 16.5. The van der Waals surface area contributed by atoms with Crippen molar-refractivity contribution in [2.45, 2.75) is 64.5 Å². The highest BCUT2D eigenvalue weighted by Gasteiger charge is 2.28. The third kappa shape index (κ3) is 4.98. The molecule has 2 rings (SSSR count). The van der Waals surface area contributed by atoms with E-state index >= 15 is 0 Å². The Kier molecular flexibility index (Phi) is 6.23. The number of rotatable bonds is 6. The molecule has 5 nitrogen and oxygen atoms in total. The molecule has 1 amide bonds. The number of carbonyl (C=O) groups is 2. The number of nitrogens with one attached hydrogen (secondary N) is 1. The molecule has 1 saturated carbocycles. The Morgan fingerprint density at radius 1 is 1.17 bits per heavy atom. The number of carbonyl (C=O) groups excluding carboxylic acids is 1. The van der Waals surface area contributed by atoms with Crippen molar-refractivity contribution >= 4 is 11.9 Å². The topological polar surface area (TPSA) is 75.6 Å². The van der Waals surface area contributed by atoms with Crippen LogP contribution >= 0.6 is 0 Å². The van der Waals surface area contributed by atoms with Crippen LogP contribution in [-0.4, -0.2) is 29.1 Å². The van der Waals surface area contributed by atoms with Gasteiger partial charge in [0.2, 0.25) is 0 Å². The average Bonchev–Trinajstić information content (AvgIpc) is 2.55. The van der Waals surface area contributed by atoms with E-state index in [-0.39, 0.29) is 17.9 Å². The number of ether oxygens (including phenoxy) is 1. The SMILES string of the molecule is CC(Oc1cccc(C(C)C)c1)C(=O)NC1CCC(C(=O)O)CC1. The Hall–Kier alpha value is -2.04. The Morgan fingerprint density at radius 2 is 1.83 bits per heavy atom. The Labute approximate surface area is 143 Å². The molecule has 1 aromatic carbocycles. The van der Waals surface area contributed by atoms with Crippen LogP contribution in [0.15, 0.2) is 24.3 Å². The zero-order valence-corrected chi connectivity index (χ0v) is 14.6. The van der Waals surface area contributed by atoms with Crippen LogP contribution in [0.3, 0.4) is 0 Å². The normalized spacial score (nSPS) is 22.0. The molecule has 1 unspecified atom stereocenters. The fraction of sp³-hybridized carbons (Fsp3) is 0.579. The van der Waals surface area contributed by atoms with Crippen LogP contribution in [0.4, 0.5) is 0 Å². The van der Waals surface area contributed by atoms with Crippen molar-refractivity contribution in [3.8, 4) is 5.75 Å². The van der Waals surface area contributed by atoms with Crippen molar-refractivity contribution in [1.82, 2.24) is 5.32 Å². The van der Waals surface area contributed by atoms with Crippen molar-refractivity contribution < 1.29 is 19.4 Å². The molecular formula is C19H27NO4. The standard InChI is InChI=1S/C19H27NO4/c1-12(2)15-5-4-6-17(11-15)24-13(3)18(21)20-16-9-7-14(8-10-16)19(22)23/h4-6,11-14,16H,7-10H2,1-3H3,(H,20,21)(H,22,23). The molecule has 24 heavy (non-hydrogen) atoms. The summed E-state index contributed by atoms with van der Waals surface area (Å²) in [4.78, 5) is 23.3. The van der Waals surface area contributed by atoms with Crippen LogP contribution in [0, 0.1) is 5.92 Å². The van der Waals surface area contributed by atoms with Gasteiger partial charge in [0.25, 0.3) is 5.91 Å². The zero-order chi connectivity index (χ0) is 17.7. The molecule has 1 aliphatic rings. The number of carboxylic acid groups (broad SMARTS) is 1. The van der Waals surface area contributed by atoms with Crippen LogP contribution in [0.1, 0.15) is 57.9 Å². The van der Waals surface area contributed by atoms with Crippen molar-refractivity contribution in [2.75, 3.05) is 0 Å². The van der Waals surface area contributed by atoms with Crippen molar-refractivity contribution in [3.63, 3.8) is 0 Å². The monoisotopic (exact) mass is 333 g/mol. The van der Waals surface area contributed by atoms with Crippen LogP contribution < -0.4 is 10.1 Å². The minimum Gasteiger partial charge on any atom is -0.481 e. The first-order chi connectivity index (χ1) is 11.4. The number of benzene rings is 1. The zero-order valence-electron chi connectivity index (χ0n) is 14.6. The fourth-order valence-corrected chi connectivity index (χ4v) is 3.01. The van der Waals surface area contributed by atoms with Crippen molar-refractivity contribution in [2.24, 2.45) is 5.92 Å². The Balaban J connectivity index is 1.84. The highest BCUT2D eigenvalue weighted by Crippen LogP contribution is 2.25. The molecular weight excluding hydrogens is 306 g/mol. The smallest absolute Gasteiger partial charge is 0.306 e. The van der Waals surface area contributed by atoms with Crippen LogP contribution in [0.25, 0.3) is 0 Å². The lowest BCUT2D eigenvalue weighted by atomic mass is 9.86. The quantitative estimate of drug-likeness (QED) is 0.837. The van der Waals surface area contributed by atoms with Gasteiger partial charge in [0.15, 0.2) is 6.10 Å². The van der Waals surface area contributed by atoms with E-state index in [2.05, 4.69) is 19.2 Å². The largest absolute Gasteiger partial charge is 0.481 e. The van der Waals surface area contributed by atoms with Gasteiger partial charge in [-0.15, -0.1) is 0 Å². The molecule has 5 heteroatoms. The number of hydrogen-bond donors (Lipinski definition) is 2. The summed E-state index contributed by atoms with van der Waals surface area (Å²) < 4.78 is 5.76. The molecule has 1 aliphatic carbocycles. The summed E-state index contributed by atoms with van der Waals surface area (Å²) in [5.74, 6) is -0.0589. The summed E-state index contributed by atoms with van der Waals surface area (Å²) in [5, 5.41) is 12.0. The molecule has 132 valence electrons. The average molecular weight is 333 g/mol. The summed E-state index contributed by atoms with van der Waals surface area (Å²) in [6, 6.07) is 7.84. The van der Waals surface area contributed by atoms with E-state index in [9.17, 15) is 9.59 Å². The van der Waals surface area contributed by atoms with Gasteiger partial charge in [0, 0.05) is 6.04 Å². The predicted molar refractivity (Wildman–Crippen MR) is 92.1 cm³/mol. The van der Waals surface area contributed by atoms with E-state index in [1.165, 1.54) is 5.56 Å². The maximum absolute atomic E-state index is 12.3. The first kappa shape index (κ1) is 18.3. The second kappa shape index (κ2) is 8.18. The van der Waals surface area contributed by atoms with Gasteiger partial charge in [-0.3, -0.25) is 9.59 Å². The number of carboxylic acids is 1. The molecule has 0 heterocycles. The third-order valence-corrected chi connectivity index (χ3v) is 4.63. The van der Waals surface area contributed by atoms with Gasteiger partial charge in [0.1, 0.15) is 5.75 Å². The second-order valence-electron chi connectivity index (χ2n) is 6.88. The lowest BCUT2D eigenvalue weighted by molar-refractivity contribution is -0.142. The van der Waals surface area contributed by atoms with Crippen LogP contribution in [-0.2, 0) is 9.59 Å². The number of hydrogen-bond acceptors (Lipinski definition) is 3. The molecule has 0 bridgehead atoms. The predicted octanol–water partition coefficient (Wildman–Crippen LogP) is 3.34. The lowest BCUT2D eigenvalue weighted by Crippen LogP contribution is -2.44. The molecule has 1 fully saturated rings. The van der Waals surface area contributed by atoms with Crippen LogP contribution in [0.5, 0.6) is 5.75 Å². The van der Waals surface area contributed by atoms with Gasteiger partial charge < -0.3 is 15.2 Å². The fourth-order valence-electron chi connectivity index (χ4n) is 3.01. The van der Waals surface area contributed by atoms with E-state index in [1.807, 2.05) is 24.3 Å². The van der Waals surface area contributed by atoms with Gasteiger partial charge in [-0.1, -0.05) is 26.0 Å². The second-order valence-corrected chi connectivity index (χ2v) is 6.88. The van der Waals surface area contributed by atoms with Gasteiger partial charge in [-0.25, -0.2) is 0 Å². The number of amides is 1. The number of aliphatic carboxylic acids is 1. The summed E-state index contributed by atoms with van der Waals surface area (Å²) in [5.41, 5.74) is 1.17. The lowest BCUT2D eigenvalue weighted by Gasteiger charge is -2.28. The first-order valence-corrected chi connectivity index (χ1v) is 8.66. The molecule has 0 aromatic heterocycles. The first-order valence-electron chi connectivity index (χ1n) is 8.66. The highest BCUT2D eigenvalue weighted by molar-refractivity contribution is 5.81. The summed E-state index contributed by atoms with van der Waals surface area (Å²) in [6.07, 6.45) is 2.07. The van der Waals surface area contributed by atoms with Crippen molar-refractivity contribution in [3.05, 3.63) is 29.8 Å². The van der Waals surface area contributed by atoms with E-state index in [1.54, 1.807) is 6.92 Å². The van der Waals surface area contributed by atoms with E-state index in [4.69, 9.17) is 9.84 Å². The molecule has 0 radical (unpaired) electrons.